The fraction of sp³-hybridized carbons (Fsp3) is 0.929. The predicted molar refractivity (Wildman–Crippen MR) is 71.8 cm³/mol. The number of alkyl halides is 3. The topological polar surface area (TPSA) is 41.6 Å². The molecule has 2 aliphatic rings. The SMILES string of the molecule is CCN(CC(F)(F)F)CC(NC1CC1)(C(=O)OC)C1CC1. The maximum Gasteiger partial charge on any atom is 0.401 e. The average molecular weight is 308 g/mol. The summed E-state index contributed by atoms with van der Waals surface area (Å²) in [7, 11) is 1.30. The Bertz CT molecular complexity index is 381. The molecule has 2 aliphatic carbocycles. The van der Waals surface area contributed by atoms with Crippen molar-refractivity contribution in [3.63, 3.8) is 0 Å². The van der Waals surface area contributed by atoms with E-state index in [0.29, 0.717) is 0 Å². The maximum absolute atomic E-state index is 12.7. The van der Waals surface area contributed by atoms with Crippen molar-refractivity contribution in [3.8, 4) is 0 Å². The standard InChI is InChI=1S/C14H23F3N2O2/c1-3-19(9-14(15,16)17)8-13(10-4-5-10,12(20)21-2)18-11-6-7-11/h10-11,18H,3-9H2,1-2H3. The second-order valence-corrected chi connectivity index (χ2v) is 6.07. The van der Waals surface area contributed by atoms with Gasteiger partial charge in [0.25, 0.3) is 0 Å². The lowest BCUT2D eigenvalue weighted by molar-refractivity contribution is -0.159. The van der Waals surface area contributed by atoms with Crippen molar-refractivity contribution in [3.05, 3.63) is 0 Å². The minimum Gasteiger partial charge on any atom is -0.468 e. The molecule has 122 valence electrons. The third kappa shape index (κ3) is 4.32. The van der Waals surface area contributed by atoms with Gasteiger partial charge in [-0.2, -0.15) is 13.2 Å². The van der Waals surface area contributed by atoms with Gasteiger partial charge in [-0.05, 0) is 38.1 Å². The molecular formula is C14H23F3N2O2. The van der Waals surface area contributed by atoms with E-state index in [1.54, 1.807) is 6.92 Å². The van der Waals surface area contributed by atoms with Gasteiger partial charge in [-0.25, -0.2) is 4.79 Å². The molecule has 7 heteroatoms. The summed E-state index contributed by atoms with van der Waals surface area (Å²) < 4.78 is 42.9. The maximum atomic E-state index is 12.7. The first-order valence-electron chi connectivity index (χ1n) is 7.46. The fourth-order valence-corrected chi connectivity index (χ4v) is 2.82. The number of halogens is 3. The van der Waals surface area contributed by atoms with Gasteiger partial charge in [0.05, 0.1) is 13.7 Å². The molecule has 21 heavy (non-hydrogen) atoms. The van der Waals surface area contributed by atoms with E-state index in [1.165, 1.54) is 12.0 Å². The molecule has 0 aliphatic heterocycles. The minimum absolute atomic E-state index is 0.0524. The van der Waals surface area contributed by atoms with Gasteiger partial charge in [-0.15, -0.1) is 0 Å². The molecule has 0 aromatic heterocycles. The number of carbonyl (C=O) groups excluding carboxylic acids is 1. The summed E-state index contributed by atoms with van der Waals surface area (Å²) in [5.74, 6) is -0.356. The third-order valence-corrected chi connectivity index (χ3v) is 4.19. The monoisotopic (exact) mass is 308 g/mol. The van der Waals surface area contributed by atoms with Crippen molar-refractivity contribution in [2.45, 2.75) is 50.4 Å². The molecule has 0 aromatic rings. The van der Waals surface area contributed by atoms with E-state index in [4.69, 9.17) is 4.74 Å². The lowest BCUT2D eigenvalue weighted by Crippen LogP contribution is -2.62. The summed E-state index contributed by atoms with van der Waals surface area (Å²) in [6, 6.07) is 0.231. The van der Waals surface area contributed by atoms with Crippen molar-refractivity contribution in [1.82, 2.24) is 10.2 Å². The Balaban J connectivity index is 2.14. The van der Waals surface area contributed by atoms with Crippen LogP contribution in [0.3, 0.4) is 0 Å². The van der Waals surface area contributed by atoms with Crippen LogP contribution in [0.25, 0.3) is 0 Å². The number of ether oxygens (including phenoxy) is 1. The molecule has 2 fully saturated rings. The Hall–Kier alpha value is -0.820. The zero-order chi connectivity index (χ0) is 15.7. The molecule has 2 saturated carbocycles. The van der Waals surface area contributed by atoms with Gasteiger partial charge in [-0.3, -0.25) is 10.2 Å². The molecule has 1 atom stereocenters. The number of hydrogen-bond acceptors (Lipinski definition) is 4. The Morgan fingerprint density at radius 2 is 1.86 bits per heavy atom. The third-order valence-electron chi connectivity index (χ3n) is 4.19. The predicted octanol–water partition coefficient (Wildman–Crippen LogP) is 1.94. The van der Waals surface area contributed by atoms with Crippen LogP contribution in [0.4, 0.5) is 13.2 Å². The van der Waals surface area contributed by atoms with Crippen LogP contribution in [0.5, 0.6) is 0 Å². The normalized spacial score (nSPS) is 22.2. The van der Waals surface area contributed by atoms with E-state index in [9.17, 15) is 18.0 Å². The van der Waals surface area contributed by atoms with Gasteiger partial charge >= 0.3 is 12.1 Å². The highest BCUT2D eigenvalue weighted by atomic mass is 19.4. The van der Waals surface area contributed by atoms with E-state index < -0.39 is 24.2 Å². The average Bonchev–Trinajstić information content (AvgIpc) is 3.25. The zero-order valence-corrected chi connectivity index (χ0v) is 12.5. The first-order valence-corrected chi connectivity index (χ1v) is 7.46. The van der Waals surface area contributed by atoms with Gasteiger partial charge in [0.2, 0.25) is 0 Å². The Morgan fingerprint density at radius 3 is 2.24 bits per heavy atom. The molecule has 2 rings (SSSR count). The molecule has 0 radical (unpaired) electrons. The highest BCUT2D eigenvalue weighted by molar-refractivity contribution is 5.82. The van der Waals surface area contributed by atoms with Gasteiger partial charge in [-0.1, -0.05) is 6.92 Å². The summed E-state index contributed by atoms with van der Waals surface area (Å²) in [6.45, 7) is 0.979. The van der Waals surface area contributed by atoms with Crippen LogP contribution in [0.1, 0.15) is 32.6 Å². The lowest BCUT2D eigenvalue weighted by atomic mass is 9.91. The summed E-state index contributed by atoms with van der Waals surface area (Å²) in [5, 5.41) is 3.28. The van der Waals surface area contributed by atoms with Crippen LogP contribution in [0.15, 0.2) is 0 Å². The van der Waals surface area contributed by atoms with Crippen LogP contribution in [-0.4, -0.2) is 55.4 Å². The zero-order valence-electron chi connectivity index (χ0n) is 12.5. The van der Waals surface area contributed by atoms with E-state index in [-0.39, 0.29) is 25.0 Å². The lowest BCUT2D eigenvalue weighted by Gasteiger charge is -2.37. The van der Waals surface area contributed by atoms with Gasteiger partial charge < -0.3 is 4.74 Å². The van der Waals surface area contributed by atoms with Crippen molar-refractivity contribution in [2.24, 2.45) is 5.92 Å². The largest absolute Gasteiger partial charge is 0.468 e. The van der Waals surface area contributed by atoms with Gasteiger partial charge in [0.15, 0.2) is 0 Å². The van der Waals surface area contributed by atoms with Gasteiger partial charge in [0, 0.05) is 12.6 Å². The smallest absolute Gasteiger partial charge is 0.401 e. The Morgan fingerprint density at radius 1 is 1.24 bits per heavy atom. The van der Waals surface area contributed by atoms with Crippen molar-refractivity contribution in [2.75, 3.05) is 26.7 Å². The highest BCUT2D eigenvalue weighted by Gasteiger charge is 2.55. The first kappa shape index (κ1) is 16.5. The molecule has 0 amide bonds. The van der Waals surface area contributed by atoms with E-state index in [2.05, 4.69) is 5.32 Å². The molecule has 0 aromatic carbocycles. The van der Waals surface area contributed by atoms with Crippen LogP contribution < -0.4 is 5.32 Å². The Kier molecular flexibility index (Phi) is 4.82. The molecule has 0 bridgehead atoms. The van der Waals surface area contributed by atoms with E-state index in [1.807, 2.05) is 0 Å². The van der Waals surface area contributed by atoms with Crippen LogP contribution in [-0.2, 0) is 9.53 Å². The van der Waals surface area contributed by atoms with E-state index >= 15 is 0 Å². The van der Waals surface area contributed by atoms with Crippen LogP contribution >= 0.6 is 0 Å². The number of esters is 1. The summed E-state index contributed by atoms with van der Waals surface area (Å²) in [6.07, 6.45) is -0.606. The number of hydrogen-bond donors (Lipinski definition) is 1. The number of methoxy groups -OCH3 is 1. The number of carbonyl (C=O) groups is 1. The molecule has 1 unspecified atom stereocenters. The van der Waals surface area contributed by atoms with Crippen molar-refractivity contribution < 1.29 is 22.7 Å². The molecule has 0 saturated heterocycles. The Labute approximate surface area is 123 Å². The highest BCUT2D eigenvalue weighted by Crippen LogP contribution is 2.43. The van der Waals surface area contributed by atoms with Crippen molar-refractivity contribution >= 4 is 5.97 Å². The van der Waals surface area contributed by atoms with E-state index in [0.717, 1.165) is 25.7 Å². The number of nitrogens with zero attached hydrogens (tertiary/aromatic N) is 1. The van der Waals surface area contributed by atoms with Gasteiger partial charge in [0.1, 0.15) is 5.54 Å². The fourth-order valence-electron chi connectivity index (χ4n) is 2.82. The molecule has 4 nitrogen and oxygen atoms in total. The number of rotatable bonds is 8. The van der Waals surface area contributed by atoms with Crippen LogP contribution in [0.2, 0.25) is 0 Å². The second kappa shape index (κ2) is 6.12. The van der Waals surface area contributed by atoms with Crippen molar-refractivity contribution in [1.29, 1.82) is 0 Å². The summed E-state index contributed by atoms with van der Waals surface area (Å²) >= 11 is 0. The number of nitrogens with one attached hydrogen (secondary N) is 1. The molecule has 0 spiro atoms. The quantitative estimate of drug-likeness (QED) is 0.696. The second-order valence-electron chi connectivity index (χ2n) is 6.07. The van der Waals surface area contributed by atoms with Crippen LogP contribution in [0, 0.1) is 5.92 Å². The minimum atomic E-state index is -4.26. The summed E-state index contributed by atoms with van der Waals surface area (Å²) in [5.41, 5.74) is -0.989. The molecular weight excluding hydrogens is 285 g/mol. The first-order chi connectivity index (χ1) is 9.80. The molecule has 0 heterocycles. The molecule has 1 N–H and O–H groups in total. The number of likely N-dealkylation sites (N-methyl/N-ethyl adjacent to an activating group) is 1. The summed E-state index contributed by atoms with van der Waals surface area (Å²) in [4.78, 5) is 13.6.